The molecule has 0 bridgehead atoms. The zero-order valence-electron chi connectivity index (χ0n) is 15.2. The van der Waals surface area contributed by atoms with Crippen molar-refractivity contribution in [2.75, 3.05) is 13.1 Å². The summed E-state index contributed by atoms with van der Waals surface area (Å²) in [6.45, 7) is 2.81. The smallest absolute Gasteiger partial charge is 0.0830 e. The molecule has 0 amide bonds. The van der Waals surface area contributed by atoms with Gasteiger partial charge in [-0.3, -0.25) is 10.00 Å². The van der Waals surface area contributed by atoms with E-state index < -0.39 is 6.10 Å². The van der Waals surface area contributed by atoms with Crippen LogP contribution in [0.3, 0.4) is 0 Å². The lowest BCUT2D eigenvalue weighted by Gasteiger charge is -2.35. The van der Waals surface area contributed by atoms with Crippen molar-refractivity contribution in [1.29, 1.82) is 0 Å². The topological polar surface area (TPSA) is 52.1 Å². The van der Waals surface area contributed by atoms with Gasteiger partial charge in [0.25, 0.3) is 0 Å². The SMILES string of the molecule is OC(c1ccc(Br)cc1)C1CCCN(Cc2cn[nH]c2-c2ccccc2)C1. The first-order valence-electron chi connectivity index (χ1n) is 9.44. The number of aromatic nitrogens is 2. The van der Waals surface area contributed by atoms with E-state index in [9.17, 15) is 5.11 Å². The molecule has 2 aromatic carbocycles. The molecule has 4 nitrogen and oxygen atoms in total. The molecule has 140 valence electrons. The molecule has 3 aromatic rings. The number of aromatic amines is 1. The van der Waals surface area contributed by atoms with Gasteiger partial charge in [-0.25, -0.2) is 0 Å². The van der Waals surface area contributed by atoms with Crippen molar-refractivity contribution in [3.05, 3.63) is 76.4 Å². The van der Waals surface area contributed by atoms with Crippen molar-refractivity contribution in [2.45, 2.75) is 25.5 Å². The first-order valence-corrected chi connectivity index (χ1v) is 10.2. The van der Waals surface area contributed by atoms with Crippen molar-refractivity contribution < 1.29 is 5.11 Å². The molecule has 0 saturated carbocycles. The van der Waals surface area contributed by atoms with Gasteiger partial charge >= 0.3 is 0 Å². The van der Waals surface area contributed by atoms with Crippen LogP contribution in [0.5, 0.6) is 0 Å². The summed E-state index contributed by atoms with van der Waals surface area (Å²) >= 11 is 3.46. The molecule has 1 fully saturated rings. The van der Waals surface area contributed by atoms with Crippen molar-refractivity contribution in [3.63, 3.8) is 0 Å². The molecular weight excluding hydrogens is 402 g/mol. The third-order valence-corrected chi connectivity index (χ3v) is 5.90. The maximum atomic E-state index is 10.9. The molecule has 2 heterocycles. The molecule has 0 radical (unpaired) electrons. The largest absolute Gasteiger partial charge is 0.388 e. The van der Waals surface area contributed by atoms with E-state index in [0.29, 0.717) is 0 Å². The Hall–Kier alpha value is -1.95. The molecule has 0 spiro atoms. The van der Waals surface area contributed by atoms with E-state index in [1.165, 1.54) is 5.56 Å². The highest BCUT2D eigenvalue weighted by atomic mass is 79.9. The lowest BCUT2D eigenvalue weighted by atomic mass is 9.88. The number of likely N-dealkylation sites (tertiary alicyclic amines) is 1. The minimum atomic E-state index is -0.418. The number of nitrogens with one attached hydrogen (secondary N) is 1. The average Bonchev–Trinajstić information content (AvgIpc) is 3.17. The van der Waals surface area contributed by atoms with Crippen LogP contribution in [0.1, 0.15) is 30.1 Å². The highest BCUT2D eigenvalue weighted by Crippen LogP contribution is 2.31. The normalized spacial score (nSPS) is 19.1. The van der Waals surface area contributed by atoms with Crippen molar-refractivity contribution in [3.8, 4) is 11.3 Å². The van der Waals surface area contributed by atoms with E-state index in [2.05, 4.69) is 43.2 Å². The monoisotopic (exact) mass is 425 g/mol. The van der Waals surface area contributed by atoms with Gasteiger partial charge in [-0.05, 0) is 42.6 Å². The fraction of sp³-hybridized carbons (Fsp3) is 0.318. The number of H-pyrrole nitrogens is 1. The Morgan fingerprint density at radius 2 is 1.93 bits per heavy atom. The molecule has 0 aliphatic carbocycles. The predicted octanol–water partition coefficient (Wildman–Crippen LogP) is 4.78. The van der Waals surface area contributed by atoms with Gasteiger partial charge in [-0.1, -0.05) is 58.4 Å². The maximum absolute atomic E-state index is 10.9. The molecule has 2 N–H and O–H groups in total. The number of aliphatic hydroxyl groups excluding tert-OH is 1. The number of piperidine rings is 1. The Balaban J connectivity index is 1.45. The van der Waals surface area contributed by atoms with Crippen molar-refractivity contribution in [1.82, 2.24) is 15.1 Å². The summed E-state index contributed by atoms with van der Waals surface area (Å²) < 4.78 is 1.04. The molecule has 1 aliphatic rings. The summed E-state index contributed by atoms with van der Waals surface area (Å²) in [5.74, 6) is 0.256. The summed E-state index contributed by atoms with van der Waals surface area (Å²) in [7, 11) is 0. The minimum absolute atomic E-state index is 0.256. The van der Waals surface area contributed by atoms with Crippen LogP contribution in [0.4, 0.5) is 0 Å². The Labute approximate surface area is 168 Å². The molecule has 2 unspecified atom stereocenters. The lowest BCUT2D eigenvalue weighted by Crippen LogP contribution is -2.37. The fourth-order valence-corrected chi connectivity index (χ4v) is 4.22. The molecule has 4 rings (SSSR count). The highest BCUT2D eigenvalue weighted by molar-refractivity contribution is 9.10. The van der Waals surface area contributed by atoms with Crippen LogP contribution in [0.25, 0.3) is 11.3 Å². The standard InChI is InChI=1S/C22H24BrN3O/c23-20-10-8-17(9-11-20)22(27)18-7-4-12-26(14-18)15-19-13-24-25-21(19)16-5-2-1-3-6-16/h1-3,5-6,8-11,13,18,22,27H,4,7,12,14-15H2,(H,24,25). The summed E-state index contributed by atoms with van der Waals surface area (Å²) in [4.78, 5) is 2.44. The van der Waals surface area contributed by atoms with Crippen LogP contribution in [0.15, 0.2) is 65.3 Å². The minimum Gasteiger partial charge on any atom is -0.388 e. The van der Waals surface area contributed by atoms with Crippen LogP contribution in [-0.2, 0) is 6.54 Å². The second-order valence-corrected chi connectivity index (χ2v) is 8.19. The van der Waals surface area contributed by atoms with Gasteiger partial charge in [0, 0.05) is 29.0 Å². The quantitative estimate of drug-likeness (QED) is 0.617. The third-order valence-electron chi connectivity index (χ3n) is 5.37. The summed E-state index contributed by atoms with van der Waals surface area (Å²) in [6, 6.07) is 18.3. The van der Waals surface area contributed by atoms with E-state index in [1.807, 2.05) is 48.7 Å². The number of rotatable bonds is 5. The average molecular weight is 426 g/mol. The molecule has 1 aromatic heterocycles. The Kier molecular flexibility index (Phi) is 5.72. The number of halogens is 1. The number of hydrogen-bond acceptors (Lipinski definition) is 3. The predicted molar refractivity (Wildman–Crippen MR) is 111 cm³/mol. The molecule has 5 heteroatoms. The van der Waals surface area contributed by atoms with Gasteiger partial charge in [-0.15, -0.1) is 0 Å². The summed E-state index contributed by atoms with van der Waals surface area (Å²) in [5.41, 5.74) is 4.46. The molecule has 2 atom stereocenters. The number of hydrogen-bond donors (Lipinski definition) is 2. The molecule has 27 heavy (non-hydrogen) atoms. The first kappa shape index (κ1) is 18.4. The van der Waals surface area contributed by atoms with E-state index >= 15 is 0 Å². The second-order valence-electron chi connectivity index (χ2n) is 7.27. The number of aliphatic hydroxyl groups is 1. The Bertz CT molecular complexity index is 863. The van der Waals surface area contributed by atoms with E-state index in [-0.39, 0.29) is 5.92 Å². The maximum Gasteiger partial charge on any atom is 0.0830 e. The van der Waals surface area contributed by atoms with E-state index in [1.54, 1.807) is 0 Å². The summed E-state index contributed by atoms with van der Waals surface area (Å²) in [6.07, 6.45) is 3.68. The van der Waals surface area contributed by atoms with Gasteiger partial charge in [0.2, 0.25) is 0 Å². The van der Waals surface area contributed by atoms with Crippen molar-refractivity contribution in [2.24, 2.45) is 5.92 Å². The Morgan fingerprint density at radius 1 is 1.15 bits per heavy atom. The van der Waals surface area contributed by atoms with Crippen molar-refractivity contribution >= 4 is 15.9 Å². The third kappa shape index (κ3) is 4.32. The Morgan fingerprint density at radius 3 is 2.70 bits per heavy atom. The zero-order chi connectivity index (χ0) is 18.6. The van der Waals surface area contributed by atoms with Gasteiger partial charge in [0.1, 0.15) is 0 Å². The van der Waals surface area contributed by atoms with Crippen LogP contribution in [0, 0.1) is 5.92 Å². The summed E-state index contributed by atoms with van der Waals surface area (Å²) in [5, 5.41) is 18.3. The molecule has 1 saturated heterocycles. The second kappa shape index (κ2) is 8.38. The van der Waals surface area contributed by atoms with Gasteiger partial charge in [-0.2, -0.15) is 5.10 Å². The van der Waals surface area contributed by atoms with Crippen LogP contribution >= 0.6 is 15.9 Å². The van der Waals surface area contributed by atoms with Gasteiger partial charge < -0.3 is 5.11 Å². The van der Waals surface area contributed by atoms with Gasteiger partial charge in [0.05, 0.1) is 18.0 Å². The molecule has 1 aliphatic heterocycles. The first-order chi connectivity index (χ1) is 13.2. The van der Waals surface area contributed by atoms with Crippen LogP contribution in [0.2, 0.25) is 0 Å². The van der Waals surface area contributed by atoms with E-state index in [4.69, 9.17) is 0 Å². The van der Waals surface area contributed by atoms with Gasteiger partial charge in [0.15, 0.2) is 0 Å². The zero-order valence-corrected chi connectivity index (χ0v) is 16.8. The van der Waals surface area contributed by atoms with Crippen LogP contribution < -0.4 is 0 Å². The number of benzene rings is 2. The van der Waals surface area contributed by atoms with E-state index in [0.717, 1.165) is 53.8 Å². The fourth-order valence-electron chi connectivity index (χ4n) is 3.95. The highest BCUT2D eigenvalue weighted by Gasteiger charge is 2.27. The lowest BCUT2D eigenvalue weighted by molar-refractivity contribution is 0.0476. The van der Waals surface area contributed by atoms with Crippen LogP contribution in [-0.4, -0.2) is 33.3 Å². The number of nitrogens with zero attached hydrogens (tertiary/aromatic N) is 2. The molecular formula is C22H24BrN3O.